The van der Waals surface area contributed by atoms with Crippen LogP contribution in [0.4, 0.5) is 15.8 Å². The average Bonchev–Trinajstić information content (AvgIpc) is 2.71. The van der Waals surface area contributed by atoms with Gasteiger partial charge in [-0.25, -0.2) is 0 Å². The highest BCUT2D eigenvalue weighted by molar-refractivity contribution is 7.08. The molecule has 4 nitrogen and oxygen atoms in total. The van der Waals surface area contributed by atoms with Crippen LogP contribution >= 0.6 is 11.3 Å². The van der Waals surface area contributed by atoms with Gasteiger partial charge in [-0.15, -0.1) is 0 Å². The van der Waals surface area contributed by atoms with Gasteiger partial charge in [-0.3, -0.25) is 10.1 Å². The van der Waals surface area contributed by atoms with Crippen molar-refractivity contribution in [2.24, 2.45) is 0 Å². The molecule has 0 bridgehead atoms. The fourth-order valence-corrected chi connectivity index (χ4v) is 2.46. The van der Waals surface area contributed by atoms with Crippen LogP contribution in [0.3, 0.4) is 0 Å². The molecule has 94 valence electrons. The lowest BCUT2D eigenvalue weighted by atomic mass is 10.2. The Labute approximate surface area is 107 Å². The fraction of sp³-hybridized carbons (Fsp3) is 0.167. The zero-order valence-corrected chi connectivity index (χ0v) is 10.5. The van der Waals surface area contributed by atoms with Crippen LogP contribution in [0.2, 0.25) is 0 Å². The van der Waals surface area contributed by atoms with Crippen LogP contribution in [0.1, 0.15) is 11.1 Å². The fourth-order valence-electron chi connectivity index (χ4n) is 1.60. The summed E-state index contributed by atoms with van der Waals surface area (Å²) in [6, 6.07) is 4.03. The van der Waals surface area contributed by atoms with Gasteiger partial charge in [0.05, 0.1) is 4.92 Å². The van der Waals surface area contributed by atoms with Crippen molar-refractivity contribution >= 4 is 22.7 Å². The monoisotopic (exact) mass is 266 g/mol. The first kappa shape index (κ1) is 12.5. The molecular formula is C12H11FN2O2S. The van der Waals surface area contributed by atoms with Crippen LogP contribution in [-0.2, 0) is 6.54 Å². The normalized spacial score (nSPS) is 10.3. The maximum absolute atomic E-state index is 13.4. The molecule has 18 heavy (non-hydrogen) atoms. The van der Waals surface area contributed by atoms with E-state index in [1.54, 1.807) is 11.3 Å². The number of nitro benzene ring substituents is 1. The number of hydrogen-bond donors (Lipinski definition) is 1. The third kappa shape index (κ3) is 2.48. The number of hydrogen-bond acceptors (Lipinski definition) is 4. The van der Waals surface area contributed by atoms with Crippen LogP contribution < -0.4 is 5.32 Å². The van der Waals surface area contributed by atoms with Crippen molar-refractivity contribution in [3.8, 4) is 0 Å². The highest BCUT2D eigenvalue weighted by Crippen LogP contribution is 2.28. The minimum Gasteiger partial charge on any atom is -0.375 e. The Bertz CT molecular complexity index is 583. The number of rotatable bonds is 4. The van der Waals surface area contributed by atoms with Crippen molar-refractivity contribution in [1.29, 1.82) is 0 Å². The van der Waals surface area contributed by atoms with E-state index in [4.69, 9.17) is 0 Å². The lowest BCUT2D eigenvalue weighted by molar-refractivity contribution is -0.386. The summed E-state index contributed by atoms with van der Waals surface area (Å²) in [5, 5.41) is 17.7. The van der Waals surface area contributed by atoms with Crippen LogP contribution in [0, 0.1) is 22.9 Å². The van der Waals surface area contributed by atoms with Crippen LogP contribution in [0.25, 0.3) is 0 Å². The van der Waals surface area contributed by atoms with E-state index in [1.807, 2.05) is 17.7 Å². The number of nitrogens with one attached hydrogen (secondary N) is 1. The lowest BCUT2D eigenvalue weighted by Crippen LogP contribution is -2.04. The number of halogens is 1. The third-order valence-electron chi connectivity index (χ3n) is 2.60. The van der Waals surface area contributed by atoms with Crippen molar-refractivity contribution in [2.45, 2.75) is 13.5 Å². The summed E-state index contributed by atoms with van der Waals surface area (Å²) >= 11 is 1.57. The van der Waals surface area contributed by atoms with E-state index in [-0.39, 0.29) is 5.69 Å². The largest absolute Gasteiger partial charge is 0.375 e. The molecule has 2 rings (SSSR count). The molecule has 0 amide bonds. The first-order valence-corrected chi connectivity index (χ1v) is 6.22. The Morgan fingerprint density at radius 2 is 2.22 bits per heavy atom. The molecule has 0 atom stereocenters. The molecule has 0 saturated heterocycles. The van der Waals surface area contributed by atoms with Gasteiger partial charge in [0.25, 0.3) is 0 Å². The van der Waals surface area contributed by atoms with Crippen LogP contribution in [0.5, 0.6) is 0 Å². The molecule has 1 aromatic heterocycles. The molecular weight excluding hydrogens is 255 g/mol. The molecule has 0 aliphatic rings. The minimum atomic E-state index is -0.827. The minimum absolute atomic E-state index is 0.200. The summed E-state index contributed by atoms with van der Waals surface area (Å²) in [7, 11) is 0. The maximum Gasteiger partial charge on any atom is 0.327 e. The van der Waals surface area contributed by atoms with E-state index < -0.39 is 16.4 Å². The molecule has 0 unspecified atom stereocenters. The standard InChI is InChI=1S/C12H11FN2O2S/c1-8-6-18-7-9(8)5-14-11-4-2-3-10(13)12(11)15(16)17/h2-4,6-7,14H,5H2,1H3. The predicted octanol–water partition coefficient (Wildman–Crippen LogP) is 3.72. The predicted molar refractivity (Wildman–Crippen MR) is 69.4 cm³/mol. The zero-order valence-electron chi connectivity index (χ0n) is 9.64. The molecule has 0 spiro atoms. The number of benzene rings is 1. The van der Waals surface area contributed by atoms with Crippen LogP contribution in [-0.4, -0.2) is 4.92 Å². The summed E-state index contributed by atoms with van der Waals surface area (Å²) in [6.45, 7) is 2.41. The summed E-state index contributed by atoms with van der Waals surface area (Å²) in [5.74, 6) is -0.827. The molecule has 1 heterocycles. The first-order chi connectivity index (χ1) is 8.59. The second-order valence-electron chi connectivity index (χ2n) is 3.83. The second-order valence-corrected chi connectivity index (χ2v) is 4.57. The molecule has 0 aliphatic heterocycles. The number of aryl methyl sites for hydroxylation is 1. The van der Waals surface area contributed by atoms with Crippen LogP contribution in [0.15, 0.2) is 29.0 Å². The van der Waals surface area contributed by atoms with Crippen molar-refractivity contribution < 1.29 is 9.31 Å². The summed E-state index contributed by atoms with van der Waals surface area (Å²) < 4.78 is 13.4. The summed E-state index contributed by atoms with van der Waals surface area (Å²) in [4.78, 5) is 10.1. The Morgan fingerprint density at radius 3 is 2.83 bits per heavy atom. The summed E-state index contributed by atoms with van der Waals surface area (Å²) in [5.41, 5.74) is 1.86. The van der Waals surface area contributed by atoms with Gasteiger partial charge in [0.15, 0.2) is 0 Å². The van der Waals surface area contributed by atoms with Gasteiger partial charge in [-0.1, -0.05) is 6.07 Å². The number of para-hydroxylation sites is 1. The van der Waals surface area contributed by atoms with Crippen molar-refractivity contribution in [1.82, 2.24) is 0 Å². The van der Waals surface area contributed by atoms with Crippen molar-refractivity contribution in [2.75, 3.05) is 5.32 Å². The molecule has 2 aromatic rings. The van der Waals surface area contributed by atoms with Gasteiger partial charge in [-0.05, 0) is 40.9 Å². The number of nitrogens with zero attached hydrogens (tertiary/aromatic N) is 1. The molecule has 0 fully saturated rings. The third-order valence-corrected chi connectivity index (χ3v) is 3.51. The van der Waals surface area contributed by atoms with Gasteiger partial charge in [-0.2, -0.15) is 15.7 Å². The molecule has 0 aliphatic carbocycles. The zero-order chi connectivity index (χ0) is 13.1. The topological polar surface area (TPSA) is 55.2 Å². The molecule has 0 saturated carbocycles. The van der Waals surface area contributed by atoms with E-state index in [0.717, 1.165) is 17.2 Å². The van der Waals surface area contributed by atoms with E-state index >= 15 is 0 Å². The van der Waals surface area contributed by atoms with Gasteiger partial charge in [0, 0.05) is 6.54 Å². The first-order valence-electron chi connectivity index (χ1n) is 5.28. The van der Waals surface area contributed by atoms with E-state index in [1.165, 1.54) is 12.1 Å². The summed E-state index contributed by atoms with van der Waals surface area (Å²) in [6.07, 6.45) is 0. The molecule has 6 heteroatoms. The average molecular weight is 266 g/mol. The van der Waals surface area contributed by atoms with E-state index in [0.29, 0.717) is 6.54 Å². The number of thiophene rings is 1. The van der Waals surface area contributed by atoms with Gasteiger partial charge in [0.2, 0.25) is 5.82 Å². The van der Waals surface area contributed by atoms with E-state index in [2.05, 4.69) is 5.32 Å². The number of anilines is 1. The SMILES string of the molecule is Cc1cscc1CNc1cccc(F)c1[N+](=O)[O-]. The smallest absolute Gasteiger partial charge is 0.327 e. The van der Waals surface area contributed by atoms with Gasteiger partial charge < -0.3 is 5.32 Å². The second kappa shape index (κ2) is 5.14. The Kier molecular flexibility index (Phi) is 3.57. The Morgan fingerprint density at radius 1 is 1.44 bits per heavy atom. The Hall–Kier alpha value is -1.95. The van der Waals surface area contributed by atoms with Gasteiger partial charge >= 0.3 is 5.69 Å². The number of nitro groups is 1. The highest BCUT2D eigenvalue weighted by atomic mass is 32.1. The molecule has 1 aromatic carbocycles. The lowest BCUT2D eigenvalue weighted by Gasteiger charge is -2.07. The quantitative estimate of drug-likeness (QED) is 0.678. The Balaban J connectivity index is 2.22. The van der Waals surface area contributed by atoms with Crippen molar-refractivity contribution in [3.63, 3.8) is 0 Å². The van der Waals surface area contributed by atoms with Crippen molar-refractivity contribution in [3.05, 3.63) is 56.0 Å². The highest BCUT2D eigenvalue weighted by Gasteiger charge is 2.19. The molecule has 0 radical (unpaired) electrons. The molecule has 1 N–H and O–H groups in total. The van der Waals surface area contributed by atoms with E-state index in [9.17, 15) is 14.5 Å². The maximum atomic E-state index is 13.4. The van der Waals surface area contributed by atoms with Gasteiger partial charge in [0.1, 0.15) is 5.69 Å².